The number of ether oxygens (including phenoxy) is 1. The van der Waals surface area contributed by atoms with E-state index in [2.05, 4.69) is 23.1 Å². The van der Waals surface area contributed by atoms with Gasteiger partial charge in [0, 0.05) is 30.2 Å². The van der Waals surface area contributed by atoms with Crippen molar-refractivity contribution in [3.63, 3.8) is 0 Å². The molecule has 2 heterocycles. The van der Waals surface area contributed by atoms with Crippen LogP contribution in [0.4, 0.5) is 0 Å². The van der Waals surface area contributed by atoms with Gasteiger partial charge in [-0.1, -0.05) is 24.4 Å². The molecular weight excluding hydrogens is 262 g/mol. The molecule has 0 spiro atoms. The van der Waals surface area contributed by atoms with Crippen molar-refractivity contribution in [1.82, 2.24) is 4.90 Å². The second-order valence-corrected chi connectivity index (χ2v) is 6.32. The normalized spacial score (nSPS) is 18.8. The van der Waals surface area contributed by atoms with Crippen LogP contribution in [0, 0.1) is 0 Å². The topological polar surface area (TPSA) is 12.5 Å². The van der Waals surface area contributed by atoms with Gasteiger partial charge in [-0.05, 0) is 23.6 Å². The van der Waals surface area contributed by atoms with E-state index in [4.69, 9.17) is 17.0 Å². The molecule has 0 aliphatic carbocycles. The van der Waals surface area contributed by atoms with Gasteiger partial charge in [0.25, 0.3) is 0 Å². The summed E-state index contributed by atoms with van der Waals surface area (Å²) < 4.78 is 5.36. The van der Waals surface area contributed by atoms with Crippen LogP contribution in [-0.2, 0) is 17.6 Å². The second kappa shape index (κ2) is 5.59. The van der Waals surface area contributed by atoms with Crippen molar-refractivity contribution in [1.29, 1.82) is 0 Å². The zero-order valence-electron chi connectivity index (χ0n) is 10.4. The van der Waals surface area contributed by atoms with Gasteiger partial charge in [-0.15, -0.1) is 11.8 Å². The van der Waals surface area contributed by atoms with Crippen molar-refractivity contribution in [2.45, 2.75) is 17.7 Å². The Labute approximate surface area is 118 Å². The molecule has 18 heavy (non-hydrogen) atoms. The zero-order chi connectivity index (χ0) is 12.4. The monoisotopic (exact) mass is 279 g/mol. The highest BCUT2D eigenvalue weighted by Crippen LogP contribution is 2.31. The number of morpholine rings is 1. The summed E-state index contributed by atoms with van der Waals surface area (Å²) >= 11 is 7.51. The minimum absolute atomic E-state index is 0.807. The zero-order valence-corrected chi connectivity index (χ0v) is 12.0. The molecule has 2 nitrogen and oxygen atoms in total. The molecule has 3 rings (SSSR count). The Balaban J connectivity index is 1.66. The summed E-state index contributed by atoms with van der Waals surface area (Å²) in [5.41, 5.74) is 2.86. The summed E-state index contributed by atoms with van der Waals surface area (Å²) in [5.74, 6) is 1.23. The average molecular weight is 279 g/mol. The number of hydrogen-bond acceptors (Lipinski definition) is 3. The number of nitrogens with zero attached hydrogens (tertiary/aromatic N) is 1. The molecule has 0 unspecified atom stereocenters. The molecule has 0 atom stereocenters. The Morgan fingerprint density at radius 3 is 3.00 bits per heavy atom. The van der Waals surface area contributed by atoms with Gasteiger partial charge in [-0.2, -0.15) is 0 Å². The Kier molecular flexibility index (Phi) is 3.87. The van der Waals surface area contributed by atoms with E-state index in [0.717, 1.165) is 37.7 Å². The van der Waals surface area contributed by atoms with E-state index < -0.39 is 0 Å². The molecule has 1 aromatic carbocycles. The molecule has 0 radical (unpaired) electrons. The summed E-state index contributed by atoms with van der Waals surface area (Å²) in [6.07, 6.45) is 2.10. The van der Waals surface area contributed by atoms with Gasteiger partial charge in [-0.25, -0.2) is 0 Å². The maximum atomic E-state index is 5.55. The first-order valence-electron chi connectivity index (χ1n) is 6.43. The first kappa shape index (κ1) is 12.5. The van der Waals surface area contributed by atoms with Crippen LogP contribution in [0.1, 0.15) is 11.1 Å². The van der Waals surface area contributed by atoms with Crippen LogP contribution in [0.3, 0.4) is 0 Å². The maximum absolute atomic E-state index is 5.55. The molecule has 0 saturated carbocycles. The van der Waals surface area contributed by atoms with Crippen molar-refractivity contribution in [3.8, 4) is 0 Å². The van der Waals surface area contributed by atoms with E-state index in [-0.39, 0.29) is 0 Å². The van der Waals surface area contributed by atoms with Gasteiger partial charge >= 0.3 is 0 Å². The van der Waals surface area contributed by atoms with E-state index in [9.17, 15) is 0 Å². The highest BCUT2D eigenvalue weighted by atomic mass is 32.2. The van der Waals surface area contributed by atoms with Gasteiger partial charge in [-0.3, -0.25) is 0 Å². The molecule has 0 N–H and O–H groups in total. The summed E-state index contributed by atoms with van der Waals surface area (Å²) in [5, 5.41) is 0. The fourth-order valence-corrected chi connectivity index (χ4v) is 3.85. The van der Waals surface area contributed by atoms with Crippen molar-refractivity contribution in [3.05, 3.63) is 29.3 Å². The Morgan fingerprint density at radius 1 is 1.33 bits per heavy atom. The Morgan fingerprint density at radius 2 is 2.17 bits per heavy atom. The van der Waals surface area contributed by atoms with Crippen LogP contribution in [-0.4, -0.2) is 41.9 Å². The fraction of sp³-hybridized carbons (Fsp3) is 0.500. The number of aryl methyl sites for hydroxylation is 1. The predicted molar refractivity (Wildman–Crippen MR) is 79.6 cm³/mol. The van der Waals surface area contributed by atoms with Gasteiger partial charge in [0.05, 0.1) is 18.2 Å². The smallest absolute Gasteiger partial charge is 0.0825 e. The second-order valence-electron chi connectivity index (χ2n) is 4.71. The van der Waals surface area contributed by atoms with Gasteiger partial charge in [0.15, 0.2) is 0 Å². The Bertz CT molecular complexity index is 455. The molecule has 0 bridgehead atoms. The van der Waals surface area contributed by atoms with Gasteiger partial charge in [0.2, 0.25) is 0 Å². The van der Waals surface area contributed by atoms with Crippen LogP contribution < -0.4 is 0 Å². The van der Waals surface area contributed by atoms with E-state index in [1.54, 1.807) is 0 Å². The lowest BCUT2D eigenvalue weighted by Crippen LogP contribution is -2.40. The lowest BCUT2D eigenvalue weighted by molar-refractivity contribution is 0.0684. The van der Waals surface area contributed by atoms with Crippen LogP contribution in [0.2, 0.25) is 0 Å². The quantitative estimate of drug-likeness (QED) is 0.771. The van der Waals surface area contributed by atoms with E-state index in [1.165, 1.54) is 28.2 Å². The number of fused-ring (bicyclic) bond motifs is 1. The molecule has 0 amide bonds. The summed E-state index contributed by atoms with van der Waals surface area (Å²) in [7, 11) is 0. The average Bonchev–Trinajstić information content (AvgIpc) is 2.87. The number of benzene rings is 1. The van der Waals surface area contributed by atoms with E-state index in [1.807, 2.05) is 11.8 Å². The molecule has 1 fully saturated rings. The maximum Gasteiger partial charge on any atom is 0.0825 e. The van der Waals surface area contributed by atoms with E-state index in [0.29, 0.717) is 0 Å². The van der Waals surface area contributed by atoms with Crippen molar-refractivity contribution in [2.24, 2.45) is 0 Å². The van der Waals surface area contributed by atoms with Crippen LogP contribution >= 0.6 is 24.0 Å². The third-order valence-electron chi connectivity index (χ3n) is 3.47. The van der Waals surface area contributed by atoms with Gasteiger partial charge in [0.1, 0.15) is 0 Å². The molecule has 2 aliphatic heterocycles. The van der Waals surface area contributed by atoms with Crippen molar-refractivity contribution in [2.75, 3.05) is 32.1 Å². The molecule has 1 saturated heterocycles. The predicted octanol–water partition coefficient (Wildman–Crippen LogP) is 2.54. The summed E-state index contributed by atoms with van der Waals surface area (Å²) in [6, 6.07) is 6.82. The number of thioether (sulfide) groups is 1. The summed E-state index contributed by atoms with van der Waals surface area (Å²) in [4.78, 5) is 4.79. The highest BCUT2D eigenvalue weighted by Gasteiger charge is 2.16. The molecule has 2 aliphatic rings. The van der Waals surface area contributed by atoms with Crippen molar-refractivity contribution >= 4 is 29.0 Å². The standard InChI is InChI=1S/C14H17NOS2/c17-14(15-4-6-16-7-5-15)10-11-1-2-13-12(9-11)3-8-18-13/h1-2,9H,3-8,10H2. The lowest BCUT2D eigenvalue weighted by atomic mass is 10.1. The molecule has 1 aromatic rings. The molecular formula is C14H17NOS2. The first-order valence-corrected chi connectivity index (χ1v) is 7.82. The first-order chi connectivity index (χ1) is 8.83. The molecule has 0 aromatic heterocycles. The lowest BCUT2D eigenvalue weighted by Gasteiger charge is -2.29. The Hall–Kier alpha value is -0.580. The summed E-state index contributed by atoms with van der Waals surface area (Å²) in [6.45, 7) is 3.50. The fourth-order valence-electron chi connectivity index (χ4n) is 2.45. The molecule has 4 heteroatoms. The number of thiocarbonyl (C=S) groups is 1. The minimum atomic E-state index is 0.807. The van der Waals surface area contributed by atoms with E-state index >= 15 is 0 Å². The third-order valence-corrected chi connectivity index (χ3v) is 4.99. The largest absolute Gasteiger partial charge is 0.378 e. The van der Waals surface area contributed by atoms with Gasteiger partial charge < -0.3 is 9.64 Å². The van der Waals surface area contributed by atoms with Crippen LogP contribution in [0.5, 0.6) is 0 Å². The highest BCUT2D eigenvalue weighted by molar-refractivity contribution is 7.99. The van der Waals surface area contributed by atoms with Crippen molar-refractivity contribution < 1.29 is 4.74 Å². The minimum Gasteiger partial charge on any atom is -0.378 e. The van der Waals surface area contributed by atoms with Crippen LogP contribution in [0.15, 0.2) is 23.1 Å². The SMILES string of the molecule is S=C(Cc1ccc2c(c1)CCS2)N1CCOCC1. The third kappa shape index (κ3) is 2.71. The number of hydrogen-bond donors (Lipinski definition) is 0. The number of rotatable bonds is 2. The van der Waals surface area contributed by atoms with Crippen LogP contribution in [0.25, 0.3) is 0 Å². The molecule has 96 valence electrons.